The number of rotatable bonds is 4. The Morgan fingerprint density at radius 3 is 2.52 bits per heavy atom. The van der Waals surface area contributed by atoms with Crippen molar-refractivity contribution in [1.82, 2.24) is 14.5 Å². The summed E-state index contributed by atoms with van der Waals surface area (Å²) in [5.74, 6) is 1.11. The lowest BCUT2D eigenvalue weighted by Crippen LogP contribution is -2.00. The van der Waals surface area contributed by atoms with Crippen LogP contribution in [0.2, 0.25) is 0 Å². The van der Waals surface area contributed by atoms with Gasteiger partial charge in [-0.1, -0.05) is 42.5 Å². The van der Waals surface area contributed by atoms with Gasteiger partial charge in [-0.15, -0.1) is 11.3 Å². The highest BCUT2D eigenvalue weighted by molar-refractivity contribution is 7.09. The van der Waals surface area contributed by atoms with Crippen LogP contribution in [0.5, 0.6) is 0 Å². The molecule has 2 aromatic heterocycles. The van der Waals surface area contributed by atoms with E-state index in [0.29, 0.717) is 0 Å². The number of thiazole rings is 1. The molecule has 0 saturated heterocycles. The minimum Gasteiger partial charge on any atom is -0.331 e. The number of para-hydroxylation sites is 2. The first-order valence-electron chi connectivity index (χ1n) is 7.71. The third-order valence-corrected chi connectivity index (χ3v) is 4.97. The van der Waals surface area contributed by atoms with Gasteiger partial charge >= 0.3 is 0 Å². The molecule has 0 spiro atoms. The monoisotopic (exact) mass is 319 g/mol. The van der Waals surface area contributed by atoms with E-state index in [1.807, 2.05) is 24.3 Å². The molecule has 23 heavy (non-hydrogen) atoms. The first kappa shape index (κ1) is 14.2. The van der Waals surface area contributed by atoms with Crippen molar-refractivity contribution < 1.29 is 0 Å². The van der Waals surface area contributed by atoms with Crippen LogP contribution in [0.1, 0.15) is 10.8 Å². The van der Waals surface area contributed by atoms with E-state index in [2.05, 4.69) is 47.3 Å². The molecular formula is C19H17N3S. The van der Waals surface area contributed by atoms with Gasteiger partial charge in [0.05, 0.1) is 21.7 Å². The molecule has 0 amide bonds. The van der Waals surface area contributed by atoms with Gasteiger partial charge in [0.25, 0.3) is 0 Å². The van der Waals surface area contributed by atoms with Gasteiger partial charge in [0.2, 0.25) is 0 Å². The van der Waals surface area contributed by atoms with Crippen molar-refractivity contribution in [2.75, 3.05) is 0 Å². The predicted octanol–water partition coefficient (Wildman–Crippen LogP) is 4.48. The minimum atomic E-state index is 0.910. The lowest BCUT2D eigenvalue weighted by Gasteiger charge is -2.00. The quantitative estimate of drug-likeness (QED) is 0.555. The summed E-state index contributed by atoms with van der Waals surface area (Å²) in [7, 11) is 2.09. The maximum atomic E-state index is 4.76. The fraction of sp³-hybridized carbons (Fsp3) is 0.158. The molecular weight excluding hydrogens is 302 g/mol. The van der Waals surface area contributed by atoms with Crippen molar-refractivity contribution in [1.29, 1.82) is 0 Å². The number of aryl methyl sites for hydroxylation is 3. The van der Waals surface area contributed by atoms with Crippen LogP contribution >= 0.6 is 11.3 Å². The molecule has 4 heteroatoms. The van der Waals surface area contributed by atoms with E-state index in [-0.39, 0.29) is 0 Å². The van der Waals surface area contributed by atoms with Crippen molar-refractivity contribution >= 4 is 22.4 Å². The zero-order chi connectivity index (χ0) is 15.6. The van der Waals surface area contributed by atoms with E-state index in [4.69, 9.17) is 9.97 Å². The molecule has 2 aromatic carbocycles. The fourth-order valence-corrected chi connectivity index (χ4v) is 3.61. The Hall–Kier alpha value is -2.46. The van der Waals surface area contributed by atoms with Gasteiger partial charge in [0.1, 0.15) is 5.82 Å². The highest BCUT2D eigenvalue weighted by atomic mass is 32.1. The van der Waals surface area contributed by atoms with Crippen LogP contribution in [0.15, 0.2) is 60.0 Å². The van der Waals surface area contributed by atoms with Crippen LogP contribution in [0.4, 0.5) is 0 Å². The van der Waals surface area contributed by atoms with Crippen LogP contribution in [0.3, 0.4) is 0 Å². The van der Waals surface area contributed by atoms with Gasteiger partial charge in [-0.05, 0) is 12.1 Å². The number of imidazole rings is 1. The number of aromatic nitrogens is 3. The molecule has 0 bridgehead atoms. The lowest BCUT2D eigenvalue weighted by molar-refractivity contribution is 0.784. The Morgan fingerprint density at radius 2 is 1.70 bits per heavy atom. The second kappa shape index (κ2) is 5.97. The third-order valence-electron chi connectivity index (χ3n) is 4.06. The van der Waals surface area contributed by atoms with E-state index in [9.17, 15) is 0 Å². The average Bonchev–Trinajstić information content (AvgIpc) is 3.19. The Morgan fingerprint density at radius 1 is 0.913 bits per heavy atom. The number of fused-ring (bicyclic) bond motifs is 1. The van der Waals surface area contributed by atoms with Gasteiger partial charge in [0, 0.05) is 30.8 Å². The molecule has 2 heterocycles. The lowest BCUT2D eigenvalue weighted by atomic mass is 10.2. The summed E-state index contributed by atoms with van der Waals surface area (Å²) in [5, 5.41) is 3.30. The summed E-state index contributed by atoms with van der Waals surface area (Å²) < 4.78 is 2.18. The van der Waals surface area contributed by atoms with E-state index in [1.165, 1.54) is 11.1 Å². The molecule has 0 N–H and O–H groups in total. The molecule has 4 aromatic rings. The smallest absolute Gasteiger partial charge is 0.110 e. The molecule has 0 aliphatic heterocycles. The zero-order valence-corrected chi connectivity index (χ0v) is 13.8. The van der Waals surface area contributed by atoms with E-state index < -0.39 is 0 Å². The Balaban J connectivity index is 1.53. The number of nitrogens with zero attached hydrogens (tertiary/aromatic N) is 3. The minimum absolute atomic E-state index is 0.910. The summed E-state index contributed by atoms with van der Waals surface area (Å²) in [6.45, 7) is 0. The normalized spacial score (nSPS) is 11.2. The van der Waals surface area contributed by atoms with Crippen molar-refractivity contribution in [3.05, 3.63) is 70.8 Å². The molecule has 0 aliphatic carbocycles. The fourth-order valence-electron chi connectivity index (χ4n) is 2.80. The van der Waals surface area contributed by atoms with Crippen LogP contribution in [-0.4, -0.2) is 14.5 Å². The highest BCUT2D eigenvalue weighted by Gasteiger charge is 2.09. The molecule has 4 rings (SSSR count). The summed E-state index contributed by atoms with van der Waals surface area (Å²) >= 11 is 1.73. The van der Waals surface area contributed by atoms with Gasteiger partial charge in [0.15, 0.2) is 0 Å². The first-order chi connectivity index (χ1) is 11.3. The zero-order valence-electron chi connectivity index (χ0n) is 12.9. The average molecular weight is 319 g/mol. The van der Waals surface area contributed by atoms with E-state index in [0.717, 1.165) is 34.9 Å². The first-order valence-corrected chi connectivity index (χ1v) is 8.59. The maximum Gasteiger partial charge on any atom is 0.110 e. The standard InChI is InChI=1S/C19H17N3S/c1-22-17-10-6-5-9-15(17)20-18(22)11-12-19-21-16(13-23-19)14-7-3-2-4-8-14/h2-10,13H,11-12H2,1H3. The molecule has 3 nitrogen and oxygen atoms in total. The SMILES string of the molecule is Cn1c(CCc2nc(-c3ccccc3)cs2)nc2ccccc21. The second-order valence-electron chi connectivity index (χ2n) is 5.57. The largest absolute Gasteiger partial charge is 0.331 e. The molecule has 114 valence electrons. The third kappa shape index (κ3) is 2.78. The summed E-state index contributed by atoms with van der Waals surface area (Å²) in [6, 6.07) is 18.6. The van der Waals surface area contributed by atoms with Crippen molar-refractivity contribution in [3.8, 4) is 11.3 Å². The number of hydrogen-bond donors (Lipinski definition) is 0. The van der Waals surface area contributed by atoms with Crippen LogP contribution in [0.25, 0.3) is 22.3 Å². The van der Waals surface area contributed by atoms with Crippen molar-refractivity contribution in [3.63, 3.8) is 0 Å². The molecule has 0 aliphatic rings. The van der Waals surface area contributed by atoms with Crippen LogP contribution in [0, 0.1) is 0 Å². The van der Waals surface area contributed by atoms with Crippen molar-refractivity contribution in [2.24, 2.45) is 7.05 Å². The van der Waals surface area contributed by atoms with Crippen LogP contribution < -0.4 is 0 Å². The number of hydrogen-bond acceptors (Lipinski definition) is 3. The number of benzene rings is 2. The van der Waals surface area contributed by atoms with Gasteiger partial charge in [-0.3, -0.25) is 0 Å². The Bertz CT molecular complexity index is 938. The molecule has 0 fully saturated rings. The van der Waals surface area contributed by atoms with E-state index >= 15 is 0 Å². The van der Waals surface area contributed by atoms with Gasteiger partial charge in [-0.25, -0.2) is 9.97 Å². The Labute approximate surface area is 139 Å². The topological polar surface area (TPSA) is 30.7 Å². The molecule has 0 radical (unpaired) electrons. The Kier molecular flexibility index (Phi) is 3.67. The van der Waals surface area contributed by atoms with Gasteiger partial charge in [-0.2, -0.15) is 0 Å². The van der Waals surface area contributed by atoms with E-state index in [1.54, 1.807) is 11.3 Å². The molecule has 0 atom stereocenters. The highest BCUT2D eigenvalue weighted by Crippen LogP contribution is 2.23. The summed E-state index contributed by atoms with van der Waals surface area (Å²) in [4.78, 5) is 9.49. The summed E-state index contributed by atoms with van der Waals surface area (Å²) in [6.07, 6.45) is 1.83. The van der Waals surface area contributed by atoms with Crippen LogP contribution in [-0.2, 0) is 19.9 Å². The van der Waals surface area contributed by atoms with Gasteiger partial charge < -0.3 is 4.57 Å². The maximum absolute atomic E-state index is 4.76. The van der Waals surface area contributed by atoms with Crippen molar-refractivity contribution in [2.45, 2.75) is 12.8 Å². The molecule has 0 saturated carbocycles. The predicted molar refractivity (Wildman–Crippen MR) is 95.7 cm³/mol. The second-order valence-corrected chi connectivity index (χ2v) is 6.51. The molecule has 0 unspecified atom stereocenters. The summed E-state index contributed by atoms with van der Waals surface area (Å²) in [5.41, 5.74) is 4.49.